The monoisotopic (exact) mass is 833 g/mol. The third-order valence-electron chi connectivity index (χ3n) is 9.79. The van der Waals surface area contributed by atoms with Gasteiger partial charge < -0.3 is 33.0 Å². The first kappa shape index (κ1) is 52.0. The fourth-order valence-electron chi connectivity index (χ4n) is 7.22. The molecule has 2 N–H and O–H groups in total. The average Bonchev–Trinajstić information content (AvgIpc) is 3.25. The van der Waals surface area contributed by atoms with Crippen LogP contribution >= 0.6 is 0 Å². The molecule has 0 fully saturated rings. The first-order chi connectivity index (χ1) is 28.3. The van der Waals surface area contributed by atoms with Crippen molar-refractivity contribution in [2.45, 2.75) is 112 Å². The van der Waals surface area contributed by atoms with Crippen LogP contribution in [0.4, 0.5) is 5.69 Å². The fourth-order valence-corrected chi connectivity index (χ4v) is 7.22. The number of nitrogens with one attached hydrogen (secondary N) is 2. The van der Waals surface area contributed by atoms with Gasteiger partial charge in [-0.1, -0.05) is 175 Å². The average molecular weight is 835 g/mol. The molecule has 0 aliphatic rings. The molecule has 318 valence electrons. The second kappa shape index (κ2) is 30.9. The third kappa shape index (κ3) is 17.4. The van der Waals surface area contributed by atoms with Gasteiger partial charge in [-0.25, -0.2) is 0 Å². The molecule has 0 radical (unpaired) electrons. The zero-order chi connectivity index (χ0) is 42.5. The van der Waals surface area contributed by atoms with Crippen LogP contribution in [0.1, 0.15) is 115 Å². The van der Waals surface area contributed by atoms with Crippen molar-refractivity contribution >= 4 is 24.2 Å². The van der Waals surface area contributed by atoms with E-state index in [4.69, 9.17) is 26.0 Å². The molecule has 5 aromatic carbocycles. The van der Waals surface area contributed by atoms with Crippen molar-refractivity contribution in [3.63, 3.8) is 0 Å². The van der Waals surface area contributed by atoms with Gasteiger partial charge in [0.2, 0.25) is 0 Å². The van der Waals surface area contributed by atoms with E-state index in [2.05, 4.69) is 163 Å². The molecule has 5 aromatic rings. The van der Waals surface area contributed by atoms with Crippen molar-refractivity contribution in [2.75, 3.05) is 0 Å². The van der Waals surface area contributed by atoms with Crippen molar-refractivity contribution in [1.29, 1.82) is 0 Å². The van der Waals surface area contributed by atoms with Gasteiger partial charge in [-0.15, -0.1) is 29.3 Å². The topological polar surface area (TPSA) is 94.1 Å². The van der Waals surface area contributed by atoms with Gasteiger partial charge in [0.25, 0.3) is 0 Å². The molecular formula is C53H65N3NiO2-4. The molecular weight excluding hydrogens is 769 g/mol. The number of carbonyl (C=O) groups excluding carboxylic acids is 2. The first-order valence-electron chi connectivity index (χ1n) is 20.9. The number of allylic oxidation sites excluding steroid dienone is 1. The zero-order valence-corrected chi connectivity index (χ0v) is 37.2. The number of benzene rings is 5. The van der Waals surface area contributed by atoms with Gasteiger partial charge >= 0.3 is 0 Å². The Bertz CT molecular complexity index is 1970. The van der Waals surface area contributed by atoms with Crippen LogP contribution in [0.15, 0.2) is 126 Å². The number of unbranched alkanes of at least 4 members (excludes halogenated alkanes) is 6. The number of amides is 2. The van der Waals surface area contributed by atoms with E-state index < -0.39 is 0 Å². The summed E-state index contributed by atoms with van der Waals surface area (Å²) in [5.41, 5.74) is 27.3. The smallest absolute Gasteiger partial charge is 0.0525 e. The molecule has 0 atom stereocenters. The van der Waals surface area contributed by atoms with Crippen LogP contribution < -0.4 is 0 Å². The maximum absolute atomic E-state index is 8.47. The SMILES string of the molecule is CCCCCCCCc1cc(N=C(CC)C(C)=[C-]c2cc(CCCC)c(-c3ccccc3)c(-c3ccccc3)c2)cc(C)c1-c1ccccc1.[CH2-]C.[NH-]C=O.[NH-]C=O.[Ni]. The van der Waals surface area contributed by atoms with Crippen LogP contribution in [0.3, 0.4) is 0 Å². The van der Waals surface area contributed by atoms with Crippen LogP contribution in [0.5, 0.6) is 0 Å². The molecule has 59 heavy (non-hydrogen) atoms. The zero-order valence-electron chi connectivity index (χ0n) is 36.2. The standard InChI is InChI=1S/C49H56N.C2H5.2CH3NO.Ni/c1-6-9-11-12-13-17-31-44-36-45(33-38(5)48(44)41-27-20-15-21-28-41)50-47(8-3)37(4)32-39-34-43(24-10-7-2)49(42-29-22-16-23-30-42)46(35-39)40-25-18-14-19-26-40;1-2;2*2-1-3;/h14-16,18-23,25-30,33-36H,6-13,17,24,31H2,1-5H3;1H2,2H3;2*1H,(H2,2,3);/q2*-1;;;/p-2. The summed E-state index contributed by atoms with van der Waals surface area (Å²) in [5.74, 6) is 0. The molecule has 0 bridgehead atoms. The van der Waals surface area contributed by atoms with Crippen LogP contribution in [0.2, 0.25) is 0 Å². The molecule has 0 saturated heterocycles. The first-order valence-corrected chi connectivity index (χ1v) is 20.9. The molecule has 5 nitrogen and oxygen atoms in total. The number of nitrogens with zero attached hydrogens (tertiary/aromatic N) is 1. The molecule has 6 heteroatoms. The number of aliphatic imine (C=N–C) groups is 1. The maximum atomic E-state index is 8.47. The summed E-state index contributed by atoms with van der Waals surface area (Å²) in [6.07, 6.45) is 16.9. The van der Waals surface area contributed by atoms with Crippen LogP contribution in [0.25, 0.3) is 44.8 Å². The number of hydrogen-bond donors (Lipinski definition) is 0. The van der Waals surface area contributed by atoms with Crippen molar-refractivity contribution < 1.29 is 26.1 Å². The van der Waals surface area contributed by atoms with E-state index in [-0.39, 0.29) is 29.3 Å². The summed E-state index contributed by atoms with van der Waals surface area (Å²) in [5, 5.41) is 0. The Morgan fingerprint density at radius 3 is 1.61 bits per heavy atom. The molecule has 2 amide bonds. The van der Waals surface area contributed by atoms with Crippen molar-refractivity contribution in [3.05, 3.63) is 168 Å². The van der Waals surface area contributed by atoms with E-state index in [1.807, 2.05) is 0 Å². The van der Waals surface area contributed by atoms with Gasteiger partial charge in [-0.2, -0.15) is 6.92 Å². The summed E-state index contributed by atoms with van der Waals surface area (Å²) in [6, 6.07) is 42.0. The van der Waals surface area contributed by atoms with Crippen LogP contribution in [-0.2, 0) is 38.9 Å². The molecule has 0 spiro atoms. The summed E-state index contributed by atoms with van der Waals surface area (Å²) >= 11 is 0. The molecule has 0 unspecified atom stereocenters. The number of aryl methyl sites for hydroxylation is 3. The molecule has 0 heterocycles. The van der Waals surface area contributed by atoms with Crippen LogP contribution in [0, 0.1) is 19.9 Å². The number of carbonyl (C=O) groups is 2. The van der Waals surface area contributed by atoms with Gasteiger partial charge in [0, 0.05) is 29.3 Å². The van der Waals surface area contributed by atoms with Crippen LogP contribution in [-0.4, -0.2) is 18.5 Å². The minimum Gasteiger partial charge on any atom is -0.671 e. The second-order valence-corrected chi connectivity index (χ2v) is 14.0. The fraction of sp³-hybridized carbons (Fsp3) is 0.321. The molecule has 0 aliphatic carbocycles. The normalized spacial score (nSPS) is 10.7. The largest absolute Gasteiger partial charge is 0.671 e. The molecule has 0 aliphatic heterocycles. The van der Waals surface area contributed by atoms with Gasteiger partial charge in [-0.05, 0) is 89.4 Å². The molecule has 0 aromatic heterocycles. The maximum Gasteiger partial charge on any atom is 0.0525 e. The number of hydrogen-bond acceptors (Lipinski definition) is 3. The van der Waals surface area contributed by atoms with E-state index in [1.165, 1.54) is 88.6 Å². The van der Waals surface area contributed by atoms with Gasteiger partial charge in [-0.3, -0.25) is 0 Å². The van der Waals surface area contributed by atoms with E-state index in [9.17, 15) is 0 Å². The van der Waals surface area contributed by atoms with Crippen molar-refractivity contribution in [3.8, 4) is 33.4 Å². The number of rotatable bonds is 17. The quantitative estimate of drug-likeness (QED) is 0.0307. The van der Waals surface area contributed by atoms with Crippen molar-refractivity contribution in [1.82, 2.24) is 0 Å². The van der Waals surface area contributed by atoms with E-state index in [1.54, 1.807) is 6.92 Å². The molecule has 0 saturated carbocycles. The van der Waals surface area contributed by atoms with E-state index >= 15 is 0 Å². The molecule has 5 rings (SSSR count). The predicted octanol–water partition coefficient (Wildman–Crippen LogP) is 15.7. The Morgan fingerprint density at radius 2 is 1.08 bits per heavy atom. The third-order valence-corrected chi connectivity index (χ3v) is 9.79. The minimum atomic E-state index is 0. The minimum absolute atomic E-state index is 0. The summed E-state index contributed by atoms with van der Waals surface area (Å²) in [6.45, 7) is 16.2. The van der Waals surface area contributed by atoms with Gasteiger partial charge in [0.15, 0.2) is 0 Å². The van der Waals surface area contributed by atoms with Gasteiger partial charge in [0.1, 0.15) is 0 Å². The predicted molar refractivity (Wildman–Crippen MR) is 250 cm³/mol. The van der Waals surface area contributed by atoms with E-state index in [0.717, 1.165) is 54.6 Å². The Hall–Kier alpha value is -5.06. The van der Waals surface area contributed by atoms with E-state index in [0.29, 0.717) is 0 Å². The summed E-state index contributed by atoms with van der Waals surface area (Å²) in [7, 11) is 0. The Kier molecular flexibility index (Phi) is 27.3. The summed E-state index contributed by atoms with van der Waals surface area (Å²) < 4.78 is 0. The Balaban J connectivity index is 0.00000180. The Morgan fingerprint density at radius 1 is 0.627 bits per heavy atom. The summed E-state index contributed by atoms with van der Waals surface area (Å²) in [4.78, 5) is 22.3. The van der Waals surface area contributed by atoms with Crippen molar-refractivity contribution in [2.24, 2.45) is 4.99 Å². The second-order valence-electron chi connectivity index (χ2n) is 14.0. The van der Waals surface area contributed by atoms with Gasteiger partial charge in [0.05, 0.1) is 5.69 Å². The Labute approximate surface area is 366 Å².